The molecular formula is C15H16N2O3. The van der Waals surface area contributed by atoms with E-state index in [-0.39, 0.29) is 6.61 Å². The third-order valence-electron chi connectivity index (χ3n) is 2.64. The van der Waals surface area contributed by atoms with Crippen LogP contribution in [0.5, 0.6) is 5.75 Å². The van der Waals surface area contributed by atoms with Crippen LogP contribution in [0.15, 0.2) is 48.8 Å². The van der Waals surface area contributed by atoms with Crippen molar-refractivity contribution in [2.45, 2.75) is 6.42 Å². The minimum absolute atomic E-state index is 0.111. The van der Waals surface area contributed by atoms with Gasteiger partial charge in [-0.2, -0.15) is 0 Å². The van der Waals surface area contributed by atoms with Gasteiger partial charge in [-0.25, -0.2) is 4.79 Å². The second kappa shape index (κ2) is 7.13. The molecule has 2 N–H and O–H groups in total. The van der Waals surface area contributed by atoms with Crippen LogP contribution in [0.4, 0.5) is 5.69 Å². The molecule has 1 aromatic carbocycles. The van der Waals surface area contributed by atoms with Gasteiger partial charge >= 0.3 is 5.97 Å². The minimum atomic E-state index is -0.393. The third kappa shape index (κ3) is 4.61. The first kappa shape index (κ1) is 13.9. The summed E-state index contributed by atoms with van der Waals surface area (Å²) >= 11 is 0. The summed E-state index contributed by atoms with van der Waals surface area (Å²) in [5, 5.41) is 0. The molecule has 2 aromatic rings. The van der Waals surface area contributed by atoms with Gasteiger partial charge in [-0.1, -0.05) is 0 Å². The Morgan fingerprint density at radius 3 is 2.50 bits per heavy atom. The Morgan fingerprint density at radius 1 is 1.10 bits per heavy atom. The zero-order valence-electron chi connectivity index (χ0n) is 11.0. The minimum Gasteiger partial charge on any atom is -0.482 e. The molecule has 1 heterocycles. The number of rotatable bonds is 6. The van der Waals surface area contributed by atoms with Crippen molar-refractivity contribution in [1.29, 1.82) is 0 Å². The van der Waals surface area contributed by atoms with Crippen molar-refractivity contribution < 1.29 is 14.3 Å². The van der Waals surface area contributed by atoms with Crippen molar-refractivity contribution >= 4 is 11.7 Å². The number of pyridine rings is 1. The van der Waals surface area contributed by atoms with Crippen LogP contribution < -0.4 is 10.5 Å². The Bertz CT molecular complexity index is 541. The summed E-state index contributed by atoms with van der Waals surface area (Å²) in [6, 6.07) is 10.6. The molecule has 0 unspecified atom stereocenters. The SMILES string of the molecule is Nc1ccc(OCC(=O)OCCc2ccncc2)cc1. The van der Waals surface area contributed by atoms with Crippen molar-refractivity contribution in [2.75, 3.05) is 18.9 Å². The summed E-state index contributed by atoms with van der Waals surface area (Å²) in [7, 11) is 0. The highest BCUT2D eigenvalue weighted by Crippen LogP contribution is 2.12. The lowest BCUT2D eigenvalue weighted by Crippen LogP contribution is -2.16. The molecule has 0 saturated heterocycles. The van der Waals surface area contributed by atoms with E-state index in [4.69, 9.17) is 15.2 Å². The van der Waals surface area contributed by atoms with Crippen LogP contribution in [0.25, 0.3) is 0 Å². The molecule has 104 valence electrons. The molecule has 0 saturated carbocycles. The first-order valence-electron chi connectivity index (χ1n) is 6.27. The summed E-state index contributed by atoms with van der Waals surface area (Å²) < 4.78 is 10.4. The summed E-state index contributed by atoms with van der Waals surface area (Å²) in [5.74, 6) is 0.196. The average Bonchev–Trinajstić information content (AvgIpc) is 2.48. The van der Waals surface area contributed by atoms with Crippen molar-refractivity contribution in [1.82, 2.24) is 4.98 Å². The fraction of sp³-hybridized carbons (Fsp3) is 0.200. The maximum Gasteiger partial charge on any atom is 0.344 e. The molecule has 0 fully saturated rings. The Labute approximate surface area is 117 Å². The number of ether oxygens (including phenoxy) is 2. The second-order valence-electron chi connectivity index (χ2n) is 4.18. The molecule has 0 aliphatic heterocycles. The van der Waals surface area contributed by atoms with Crippen LogP contribution in [0.2, 0.25) is 0 Å². The van der Waals surface area contributed by atoms with E-state index >= 15 is 0 Å². The number of nitrogens with two attached hydrogens (primary N) is 1. The molecule has 0 aliphatic rings. The summed E-state index contributed by atoms with van der Waals surface area (Å²) in [6.07, 6.45) is 4.08. The highest BCUT2D eigenvalue weighted by atomic mass is 16.6. The molecule has 1 aromatic heterocycles. The van der Waals surface area contributed by atoms with Crippen LogP contribution >= 0.6 is 0 Å². The van der Waals surface area contributed by atoms with Gasteiger partial charge in [0, 0.05) is 24.5 Å². The number of esters is 1. The predicted molar refractivity (Wildman–Crippen MR) is 75.2 cm³/mol. The average molecular weight is 272 g/mol. The number of carbonyl (C=O) groups is 1. The predicted octanol–water partition coefficient (Wildman–Crippen LogP) is 1.83. The van der Waals surface area contributed by atoms with Gasteiger partial charge in [-0.15, -0.1) is 0 Å². The standard InChI is InChI=1S/C15H16N2O3/c16-13-1-3-14(4-2-13)20-11-15(18)19-10-7-12-5-8-17-9-6-12/h1-6,8-9H,7,10-11,16H2. The number of carbonyl (C=O) groups excluding carboxylic acids is 1. The Balaban J connectivity index is 1.67. The summed E-state index contributed by atoms with van der Waals surface area (Å²) in [5.41, 5.74) is 7.28. The molecule has 5 heteroatoms. The van der Waals surface area contributed by atoms with E-state index in [0.717, 1.165) is 5.56 Å². The third-order valence-corrected chi connectivity index (χ3v) is 2.64. The molecule has 20 heavy (non-hydrogen) atoms. The van der Waals surface area contributed by atoms with E-state index in [9.17, 15) is 4.79 Å². The van der Waals surface area contributed by atoms with E-state index in [2.05, 4.69) is 4.98 Å². The molecule has 0 amide bonds. The molecule has 0 radical (unpaired) electrons. The normalized spacial score (nSPS) is 10.0. The van der Waals surface area contributed by atoms with Crippen LogP contribution in [-0.2, 0) is 16.0 Å². The first-order valence-corrected chi connectivity index (χ1v) is 6.27. The maximum atomic E-state index is 11.5. The van der Waals surface area contributed by atoms with Gasteiger partial charge in [0.1, 0.15) is 5.75 Å². The number of anilines is 1. The van der Waals surface area contributed by atoms with Gasteiger partial charge in [-0.3, -0.25) is 4.98 Å². The number of nitrogens with zero attached hydrogens (tertiary/aromatic N) is 1. The van der Waals surface area contributed by atoms with Crippen molar-refractivity contribution in [2.24, 2.45) is 0 Å². The highest BCUT2D eigenvalue weighted by Gasteiger charge is 2.04. The Morgan fingerprint density at radius 2 is 1.80 bits per heavy atom. The van der Waals surface area contributed by atoms with Gasteiger partial charge in [0.25, 0.3) is 0 Å². The van der Waals surface area contributed by atoms with Gasteiger partial charge in [0.2, 0.25) is 0 Å². The summed E-state index contributed by atoms with van der Waals surface area (Å²) in [6.45, 7) is 0.216. The van der Waals surface area contributed by atoms with Crippen LogP contribution in [0.3, 0.4) is 0 Å². The maximum absolute atomic E-state index is 11.5. The molecule has 5 nitrogen and oxygen atoms in total. The van der Waals surface area contributed by atoms with Crippen molar-refractivity contribution in [3.63, 3.8) is 0 Å². The fourth-order valence-electron chi connectivity index (χ4n) is 1.58. The number of hydrogen-bond acceptors (Lipinski definition) is 5. The monoisotopic (exact) mass is 272 g/mol. The van der Waals surface area contributed by atoms with Gasteiger partial charge in [-0.05, 0) is 42.0 Å². The van der Waals surface area contributed by atoms with Gasteiger partial charge in [0.05, 0.1) is 6.61 Å². The lowest BCUT2D eigenvalue weighted by Gasteiger charge is -2.07. The Hall–Kier alpha value is -2.56. The van der Waals surface area contributed by atoms with E-state index in [1.807, 2.05) is 12.1 Å². The number of hydrogen-bond donors (Lipinski definition) is 1. The van der Waals surface area contributed by atoms with Crippen molar-refractivity contribution in [3.05, 3.63) is 54.4 Å². The molecular weight excluding hydrogens is 256 g/mol. The zero-order chi connectivity index (χ0) is 14.2. The molecule has 0 spiro atoms. The lowest BCUT2D eigenvalue weighted by molar-refractivity contribution is -0.145. The zero-order valence-corrected chi connectivity index (χ0v) is 11.0. The summed E-state index contributed by atoms with van der Waals surface area (Å²) in [4.78, 5) is 15.4. The van der Waals surface area contributed by atoms with E-state index in [1.54, 1.807) is 36.7 Å². The van der Waals surface area contributed by atoms with Crippen LogP contribution in [0, 0.1) is 0 Å². The lowest BCUT2D eigenvalue weighted by atomic mass is 10.2. The van der Waals surface area contributed by atoms with Crippen LogP contribution in [-0.4, -0.2) is 24.2 Å². The molecule has 0 bridgehead atoms. The van der Waals surface area contributed by atoms with E-state index < -0.39 is 5.97 Å². The van der Waals surface area contributed by atoms with E-state index in [0.29, 0.717) is 24.5 Å². The highest BCUT2D eigenvalue weighted by molar-refractivity contribution is 5.71. The van der Waals surface area contributed by atoms with Gasteiger partial charge in [0.15, 0.2) is 6.61 Å². The largest absolute Gasteiger partial charge is 0.482 e. The second-order valence-corrected chi connectivity index (χ2v) is 4.18. The fourth-order valence-corrected chi connectivity index (χ4v) is 1.58. The number of benzene rings is 1. The topological polar surface area (TPSA) is 74.4 Å². The van der Waals surface area contributed by atoms with Gasteiger partial charge < -0.3 is 15.2 Å². The van der Waals surface area contributed by atoms with Crippen LogP contribution in [0.1, 0.15) is 5.56 Å². The first-order chi connectivity index (χ1) is 9.74. The number of aromatic nitrogens is 1. The van der Waals surface area contributed by atoms with Crippen molar-refractivity contribution in [3.8, 4) is 5.75 Å². The molecule has 2 rings (SSSR count). The number of nitrogen functional groups attached to an aromatic ring is 1. The molecule has 0 atom stereocenters. The van der Waals surface area contributed by atoms with E-state index in [1.165, 1.54) is 0 Å². The molecule has 0 aliphatic carbocycles. The quantitative estimate of drug-likeness (QED) is 0.641. The smallest absolute Gasteiger partial charge is 0.344 e. The Kier molecular flexibility index (Phi) is 4.94.